The molecule has 110 valence electrons. The van der Waals surface area contributed by atoms with Crippen molar-refractivity contribution < 1.29 is 9.84 Å². The van der Waals surface area contributed by atoms with Gasteiger partial charge in [-0.3, -0.25) is 0 Å². The molecule has 1 aliphatic carbocycles. The van der Waals surface area contributed by atoms with Crippen LogP contribution in [0.15, 0.2) is 54.6 Å². The molecule has 0 spiro atoms. The summed E-state index contributed by atoms with van der Waals surface area (Å²) in [7, 11) is 1.62. The third-order valence-electron chi connectivity index (χ3n) is 4.57. The number of hydrogen-bond donors (Lipinski definition) is 1. The van der Waals surface area contributed by atoms with Gasteiger partial charge in [-0.25, -0.2) is 0 Å². The van der Waals surface area contributed by atoms with Gasteiger partial charge in [0, 0.05) is 7.11 Å². The monoisotopic (exact) mass is 282 g/mol. The number of aliphatic hydroxyl groups is 1. The zero-order chi connectivity index (χ0) is 14.7. The number of methoxy groups -OCH3 is 1. The highest BCUT2D eigenvalue weighted by Crippen LogP contribution is 2.37. The van der Waals surface area contributed by atoms with Crippen molar-refractivity contribution in [1.29, 1.82) is 0 Å². The first kappa shape index (κ1) is 14.3. The maximum Gasteiger partial charge on any atom is 0.138 e. The van der Waals surface area contributed by atoms with Crippen LogP contribution in [0.1, 0.15) is 41.9 Å². The van der Waals surface area contributed by atoms with Crippen molar-refractivity contribution >= 4 is 0 Å². The fourth-order valence-corrected chi connectivity index (χ4v) is 3.03. The van der Waals surface area contributed by atoms with Gasteiger partial charge in [0.2, 0.25) is 0 Å². The molecule has 2 nitrogen and oxygen atoms in total. The van der Waals surface area contributed by atoms with Gasteiger partial charge < -0.3 is 9.84 Å². The second-order valence-electron chi connectivity index (χ2n) is 5.91. The van der Waals surface area contributed by atoms with E-state index in [9.17, 15) is 5.11 Å². The lowest BCUT2D eigenvalue weighted by atomic mass is 9.79. The van der Waals surface area contributed by atoms with Crippen LogP contribution in [-0.4, -0.2) is 18.8 Å². The van der Waals surface area contributed by atoms with Crippen molar-refractivity contribution in [1.82, 2.24) is 0 Å². The number of rotatable bonds is 5. The molecule has 0 aliphatic heterocycles. The molecule has 1 N–H and O–H groups in total. The standard InChI is InChI=1S/C19H22O2/c1-21-14-19(20,17-8-3-2-4-9-17)18-12-10-16(11-13-18)15-6-5-7-15/h2-4,8-13,15,20H,5-7,14H2,1H3. The minimum absolute atomic E-state index is 0.250. The van der Waals surface area contributed by atoms with Crippen LogP contribution in [0.3, 0.4) is 0 Å². The summed E-state index contributed by atoms with van der Waals surface area (Å²) in [5.41, 5.74) is 2.05. The van der Waals surface area contributed by atoms with Gasteiger partial charge in [0.15, 0.2) is 0 Å². The second kappa shape index (κ2) is 6.00. The van der Waals surface area contributed by atoms with Gasteiger partial charge in [0.1, 0.15) is 5.60 Å². The fraction of sp³-hybridized carbons (Fsp3) is 0.368. The lowest BCUT2D eigenvalue weighted by Gasteiger charge is -2.30. The van der Waals surface area contributed by atoms with Crippen LogP contribution in [-0.2, 0) is 10.3 Å². The lowest BCUT2D eigenvalue weighted by molar-refractivity contribution is -0.00329. The Bertz CT molecular complexity index is 572. The Kier molecular flexibility index (Phi) is 4.09. The Morgan fingerprint density at radius 2 is 1.62 bits per heavy atom. The van der Waals surface area contributed by atoms with Gasteiger partial charge in [0.25, 0.3) is 0 Å². The van der Waals surface area contributed by atoms with E-state index in [1.54, 1.807) is 7.11 Å². The van der Waals surface area contributed by atoms with Crippen molar-refractivity contribution in [2.45, 2.75) is 30.8 Å². The molecule has 2 heteroatoms. The van der Waals surface area contributed by atoms with Crippen LogP contribution in [0.5, 0.6) is 0 Å². The predicted molar refractivity (Wildman–Crippen MR) is 84.4 cm³/mol. The predicted octanol–water partition coefficient (Wildman–Crippen LogP) is 3.84. The Balaban J connectivity index is 1.93. The van der Waals surface area contributed by atoms with Crippen LogP contribution < -0.4 is 0 Å². The van der Waals surface area contributed by atoms with Gasteiger partial charge in [0.05, 0.1) is 6.61 Å². The van der Waals surface area contributed by atoms with E-state index in [0.717, 1.165) is 11.1 Å². The van der Waals surface area contributed by atoms with Crippen molar-refractivity contribution in [3.05, 3.63) is 71.3 Å². The first-order valence-corrected chi connectivity index (χ1v) is 7.61. The van der Waals surface area contributed by atoms with Crippen LogP contribution in [0.2, 0.25) is 0 Å². The molecule has 2 aromatic rings. The summed E-state index contributed by atoms with van der Waals surface area (Å²) in [6.07, 6.45) is 3.92. The summed E-state index contributed by atoms with van der Waals surface area (Å²) in [4.78, 5) is 0. The van der Waals surface area contributed by atoms with E-state index < -0.39 is 5.60 Å². The minimum atomic E-state index is -1.09. The van der Waals surface area contributed by atoms with Crippen LogP contribution in [0.25, 0.3) is 0 Å². The highest BCUT2D eigenvalue weighted by Gasteiger charge is 2.31. The molecular formula is C19H22O2. The zero-order valence-electron chi connectivity index (χ0n) is 12.5. The fourth-order valence-electron chi connectivity index (χ4n) is 3.03. The van der Waals surface area contributed by atoms with Crippen molar-refractivity contribution in [2.24, 2.45) is 0 Å². The van der Waals surface area contributed by atoms with E-state index in [4.69, 9.17) is 4.74 Å². The summed E-state index contributed by atoms with van der Waals surface area (Å²) in [6, 6.07) is 18.1. The lowest BCUT2D eigenvalue weighted by Crippen LogP contribution is -2.32. The Labute approximate surface area is 126 Å². The van der Waals surface area contributed by atoms with E-state index in [0.29, 0.717) is 5.92 Å². The second-order valence-corrected chi connectivity index (χ2v) is 5.91. The van der Waals surface area contributed by atoms with Gasteiger partial charge >= 0.3 is 0 Å². The molecule has 0 radical (unpaired) electrons. The maximum atomic E-state index is 11.1. The largest absolute Gasteiger partial charge is 0.381 e. The SMILES string of the molecule is COCC(O)(c1ccccc1)c1ccc(C2CCC2)cc1. The van der Waals surface area contributed by atoms with E-state index in [2.05, 4.69) is 12.1 Å². The number of benzene rings is 2. The molecular weight excluding hydrogens is 260 g/mol. The molecule has 21 heavy (non-hydrogen) atoms. The molecule has 1 saturated carbocycles. The van der Waals surface area contributed by atoms with Gasteiger partial charge in [-0.05, 0) is 35.4 Å². The minimum Gasteiger partial charge on any atom is -0.381 e. The molecule has 1 unspecified atom stereocenters. The Morgan fingerprint density at radius 1 is 1.00 bits per heavy atom. The molecule has 0 aromatic heterocycles. The third kappa shape index (κ3) is 2.74. The molecule has 2 aromatic carbocycles. The quantitative estimate of drug-likeness (QED) is 0.903. The van der Waals surface area contributed by atoms with Crippen molar-refractivity contribution in [2.75, 3.05) is 13.7 Å². The number of ether oxygens (including phenoxy) is 1. The summed E-state index contributed by atoms with van der Waals surface area (Å²) in [5.74, 6) is 0.714. The van der Waals surface area contributed by atoms with E-state index >= 15 is 0 Å². The Hall–Kier alpha value is -1.64. The molecule has 1 aliphatic rings. The normalized spacial score (nSPS) is 18.0. The first-order chi connectivity index (χ1) is 10.2. The van der Waals surface area contributed by atoms with E-state index in [-0.39, 0.29) is 6.61 Å². The van der Waals surface area contributed by atoms with Crippen LogP contribution >= 0.6 is 0 Å². The Morgan fingerprint density at radius 3 is 2.14 bits per heavy atom. The maximum absolute atomic E-state index is 11.1. The molecule has 0 saturated heterocycles. The average Bonchev–Trinajstić information content (AvgIpc) is 2.47. The van der Waals surface area contributed by atoms with Crippen molar-refractivity contribution in [3.8, 4) is 0 Å². The number of hydrogen-bond acceptors (Lipinski definition) is 2. The third-order valence-corrected chi connectivity index (χ3v) is 4.57. The first-order valence-electron chi connectivity index (χ1n) is 7.61. The molecule has 1 fully saturated rings. The average molecular weight is 282 g/mol. The molecule has 0 amide bonds. The zero-order valence-corrected chi connectivity index (χ0v) is 12.5. The summed E-state index contributed by atoms with van der Waals surface area (Å²) < 4.78 is 5.28. The van der Waals surface area contributed by atoms with Gasteiger partial charge in [-0.1, -0.05) is 61.0 Å². The smallest absolute Gasteiger partial charge is 0.138 e. The summed E-state index contributed by atoms with van der Waals surface area (Å²) in [6.45, 7) is 0.250. The van der Waals surface area contributed by atoms with Crippen LogP contribution in [0.4, 0.5) is 0 Å². The van der Waals surface area contributed by atoms with Crippen LogP contribution in [0, 0.1) is 0 Å². The molecule has 3 rings (SSSR count). The highest BCUT2D eigenvalue weighted by atomic mass is 16.5. The topological polar surface area (TPSA) is 29.5 Å². The molecule has 0 heterocycles. The highest BCUT2D eigenvalue weighted by molar-refractivity contribution is 5.38. The van der Waals surface area contributed by atoms with Gasteiger partial charge in [-0.15, -0.1) is 0 Å². The molecule has 1 atom stereocenters. The van der Waals surface area contributed by atoms with E-state index in [1.165, 1.54) is 24.8 Å². The van der Waals surface area contributed by atoms with Crippen molar-refractivity contribution in [3.63, 3.8) is 0 Å². The molecule has 0 bridgehead atoms. The summed E-state index contributed by atoms with van der Waals surface area (Å²) >= 11 is 0. The summed E-state index contributed by atoms with van der Waals surface area (Å²) in [5, 5.41) is 11.1. The van der Waals surface area contributed by atoms with E-state index in [1.807, 2.05) is 42.5 Å². The van der Waals surface area contributed by atoms with Gasteiger partial charge in [-0.2, -0.15) is 0 Å².